The van der Waals surface area contributed by atoms with E-state index in [-0.39, 0.29) is 6.61 Å². The lowest BCUT2D eigenvalue weighted by Crippen LogP contribution is -2.22. The monoisotopic (exact) mass is 410 g/mol. The number of para-hydroxylation sites is 1. The normalized spacial score (nSPS) is 14.9. The van der Waals surface area contributed by atoms with E-state index in [4.69, 9.17) is 4.74 Å². The predicted molar refractivity (Wildman–Crippen MR) is 116 cm³/mol. The van der Waals surface area contributed by atoms with Crippen molar-refractivity contribution in [1.82, 2.24) is 14.8 Å². The Morgan fingerprint density at radius 3 is 2.48 bits per heavy atom. The Bertz CT molecular complexity index is 908. The fourth-order valence-corrected chi connectivity index (χ4v) is 4.18. The second-order valence-corrected chi connectivity index (χ2v) is 8.22. The largest absolute Gasteiger partial charge is 0.491 e. The number of aliphatic hydroxyl groups excluding tert-OH is 1. The van der Waals surface area contributed by atoms with Gasteiger partial charge in [0, 0.05) is 18.8 Å². The topological polar surface area (TPSA) is 63.4 Å². The quantitative estimate of drug-likeness (QED) is 0.571. The molecule has 6 nitrogen and oxygen atoms in total. The van der Waals surface area contributed by atoms with E-state index in [0.717, 1.165) is 35.6 Å². The number of nitrogens with zero attached hydrogens (tertiary/aromatic N) is 4. The van der Waals surface area contributed by atoms with E-state index in [1.54, 1.807) is 0 Å². The highest BCUT2D eigenvalue weighted by molar-refractivity contribution is 7.99. The lowest BCUT2D eigenvalue weighted by molar-refractivity contribution is 0.126. The molecule has 2 aromatic carbocycles. The van der Waals surface area contributed by atoms with Crippen LogP contribution in [0.15, 0.2) is 59.8 Å². The third-order valence-electron chi connectivity index (χ3n) is 4.89. The molecule has 3 aromatic rings. The van der Waals surface area contributed by atoms with E-state index < -0.39 is 6.10 Å². The molecule has 1 atom stereocenters. The van der Waals surface area contributed by atoms with Crippen molar-refractivity contribution >= 4 is 17.7 Å². The van der Waals surface area contributed by atoms with E-state index in [1.807, 2.05) is 30.3 Å². The highest BCUT2D eigenvalue weighted by Crippen LogP contribution is 2.29. The van der Waals surface area contributed by atoms with Gasteiger partial charge in [0.25, 0.3) is 0 Å². The minimum Gasteiger partial charge on any atom is -0.491 e. The second-order valence-electron chi connectivity index (χ2n) is 7.24. The smallest absolute Gasteiger partial charge is 0.232 e. The van der Waals surface area contributed by atoms with Crippen LogP contribution in [-0.2, 0) is 0 Å². The van der Waals surface area contributed by atoms with Crippen LogP contribution in [0.4, 0.5) is 5.95 Å². The molecule has 7 heteroatoms. The summed E-state index contributed by atoms with van der Waals surface area (Å²) in [7, 11) is 0. The summed E-state index contributed by atoms with van der Waals surface area (Å²) in [5.41, 5.74) is 2.26. The van der Waals surface area contributed by atoms with Crippen molar-refractivity contribution in [2.24, 2.45) is 0 Å². The SMILES string of the molecule is Cc1ccc(-n2c(SC[C@@H](O)COc3ccccc3)nnc2N2CCCC2)cc1. The van der Waals surface area contributed by atoms with Gasteiger partial charge in [-0.15, -0.1) is 10.2 Å². The molecule has 0 amide bonds. The van der Waals surface area contributed by atoms with E-state index in [2.05, 4.69) is 50.9 Å². The lowest BCUT2D eigenvalue weighted by atomic mass is 10.2. The first-order valence-electron chi connectivity index (χ1n) is 9.97. The first kappa shape index (κ1) is 19.8. The molecule has 29 heavy (non-hydrogen) atoms. The molecule has 1 fully saturated rings. The summed E-state index contributed by atoms with van der Waals surface area (Å²) in [5.74, 6) is 2.12. The van der Waals surface area contributed by atoms with E-state index in [0.29, 0.717) is 5.75 Å². The number of hydrogen-bond donors (Lipinski definition) is 1. The number of benzene rings is 2. The maximum absolute atomic E-state index is 10.4. The summed E-state index contributed by atoms with van der Waals surface area (Å²) in [6, 6.07) is 17.9. The summed E-state index contributed by atoms with van der Waals surface area (Å²) in [5, 5.41) is 20.1. The van der Waals surface area contributed by atoms with Crippen molar-refractivity contribution in [3.05, 3.63) is 60.2 Å². The molecule has 1 N–H and O–H groups in total. The van der Waals surface area contributed by atoms with Crippen molar-refractivity contribution in [2.45, 2.75) is 31.0 Å². The minimum absolute atomic E-state index is 0.245. The number of rotatable bonds is 8. The molecular weight excluding hydrogens is 384 g/mol. The van der Waals surface area contributed by atoms with Gasteiger partial charge in [-0.2, -0.15) is 0 Å². The van der Waals surface area contributed by atoms with Gasteiger partial charge < -0.3 is 14.7 Å². The molecule has 4 rings (SSSR count). The highest BCUT2D eigenvalue weighted by atomic mass is 32.2. The Hall–Kier alpha value is -2.51. The number of aryl methyl sites for hydroxylation is 1. The van der Waals surface area contributed by atoms with Gasteiger partial charge in [-0.25, -0.2) is 0 Å². The maximum Gasteiger partial charge on any atom is 0.232 e. The van der Waals surface area contributed by atoms with Crippen LogP contribution >= 0.6 is 11.8 Å². The Labute approximate surface area is 175 Å². The number of aromatic nitrogens is 3. The number of anilines is 1. The summed E-state index contributed by atoms with van der Waals surface area (Å²) < 4.78 is 7.75. The standard InChI is InChI=1S/C22H26N4O2S/c1-17-9-11-18(12-10-17)26-21(25-13-5-6-14-25)23-24-22(26)29-16-19(27)15-28-20-7-3-2-4-8-20/h2-4,7-12,19,27H,5-6,13-16H2,1H3/t19-/m0/s1. The zero-order chi connectivity index (χ0) is 20.1. The van der Waals surface area contributed by atoms with Gasteiger partial charge in [-0.05, 0) is 44.0 Å². The third kappa shape index (κ3) is 4.92. The summed E-state index contributed by atoms with van der Waals surface area (Å²) in [4.78, 5) is 2.28. The lowest BCUT2D eigenvalue weighted by Gasteiger charge is -2.19. The molecule has 1 saturated heterocycles. The third-order valence-corrected chi connectivity index (χ3v) is 5.96. The van der Waals surface area contributed by atoms with Gasteiger partial charge in [0.05, 0.1) is 11.8 Å². The first-order valence-corrected chi connectivity index (χ1v) is 11.0. The van der Waals surface area contributed by atoms with Crippen LogP contribution in [0.25, 0.3) is 5.69 Å². The molecule has 0 bridgehead atoms. The van der Waals surface area contributed by atoms with Crippen LogP contribution in [0, 0.1) is 6.92 Å². The number of aliphatic hydroxyl groups is 1. The van der Waals surface area contributed by atoms with Crippen LogP contribution in [0.1, 0.15) is 18.4 Å². The molecule has 2 heterocycles. The Morgan fingerprint density at radius 1 is 1.03 bits per heavy atom. The molecule has 0 radical (unpaired) electrons. The van der Waals surface area contributed by atoms with Crippen LogP contribution in [0.3, 0.4) is 0 Å². The Kier molecular flexibility index (Phi) is 6.36. The van der Waals surface area contributed by atoms with Crippen molar-refractivity contribution in [3.8, 4) is 11.4 Å². The summed E-state index contributed by atoms with van der Waals surface area (Å²) in [6.45, 7) is 4.33. The van der Waals surface area contributed by atoms with Crippen molar-refractivity contribution < 1.29 is 9.84 Å². The number of hydrogen-bond acceptors (Lipinski definition) is 6. The molecule has 1 aliphatic heterocycles. The van der Waals surface area contributed by atoms with Crippen LogP contribution in [0.2, 0.25) is 0 Å². The average molecular weight is 411 g/mol. The molecule has 1 aromatic heterocycles. The van der Waals surface area contributed by atoms with Crippen LogP contribution < -0.4 is 9.64 Å². The van der Waals surface area contributed by atoms with Crippen molar-refractivity contribution in [3.63, 3.8) is 0 Å². The second kappa shape index (κ2) is 9.33. The molecule has 0 spiro atoms. The van der Waals surface area contributed by atoms with E-state index >= 15 is 0 Å². The Balaban J connectivity index is 1.47. The van der Waals surface area contributed by atoms with Crippen molar-refractivity contribution in [1.29, 1.82) is 0 Å². The minimum atomic E-state index is -0.599. The van der Waals surface area contributed by atoms with Gasteiger partial charge >= 0.3 is 0 Å². The maximum atomic E-state index is 10.4. The highest BCUT2D eigenvalue weighted by Gasteiger charge is 2.23. The fraction of sp³-hybridized carbons (Fsp3) is 0.364. The van der Waals surface area contributed by atoms with Crippen molar-refractivity contribution in [2.75, 3.05) is 30.3 Å². The molecular formula is C22H26N4O2S. The Morgan fingerprint density at radius 2 is 1.76 bits per heavy atom. The van der Waals surface area contributed by atoms with Gasteiger partial charge in [-0.3, -0.25) is 4.57 Å². The summed E-state index contributed by atoms with van der Waals surface area (Å²) in [6.07, 6.45) is 1.76. The molecule has 0 saturated carbocycles. The summed E-state index contributed by atoms with van der Waals surface area (Å²) >= 11 is 1.50. The average Bonchev–Trinajstić information content (AvgIpc) is 3.42. The number of ether oxygens (including phenoxy) is 1. The van der Waals surface area contributed by atoms with E-state index in [1.165, 1.54) is 30.2 Å². The molecule has 0 aliphatic carbocycles. The first-order chi connectivity index (χ1) is 14.2. The molecule has 0 unspecified atom stereocenters. The van der Waals surface area contributed by atoms with Gasteiger partial charge in [0.1, 0.15) is 12.4 Å². The zero-order valence-corrected chi connectivity index (χ0v) is 17.4. The zero-order valence-electron chi connectivity index (χ0n) is 16.6. The van der Waals surface area contributed by atoms with Crippen LogP contribution in [-0.4, -0.2) is 51.4 Å². The predicted octanol–water partition coefficient (Wildman–Crippen LogP) is 3.71. The van der Waals surface area contributed by atoms with Gasteiger partial charge in [0.2, 0.25) is 5.95 Å². The van der Waals surface area contributed by atoms with Gasteiger partial charge in [-0.1, -0.05) is 47.7 Å². The van der Waals surface area contributed by atoms with E-state index in [9.17, 15) is 5.11 Å². The number of thioether (sulfide) groups is 1. The fourth-order valence-electron chi connectivity index (χ4n) is 3.33. The molecule has 152 valence electrons. The van der Waals surface area contributed by atoms with Gasteiger partial charge in [0.15, 0.2) is 5.16 Å². The molecule has 1 aliphatic rings. The van der Waals surface area contributed by atoms with Crippen LogP contribution in [0.5, 0.6) is 5.75 Å².